The van der Waals surface area contributed by atoms with Gasteiger partial charge in [-0.2, -0.15) is 0 Å². The predicted octanol–water partition coefficient (Wildman–Crippen LogP) is 4.08. The van der Waals surface area contributed by atoms with Crippen LogP contribution in [0.25, 0.3) is 0 Å². The zero-order valence-electron chi connectivity index (χ0n) is 7.54. The first-order valence-electron chi connectivity index (χ1n) is 3.95. The van der Waals surface area contributed by atoms with Crippen molar-refractivity contribution >= 4 is 53.8 Å². The fourth-order valence-corrected chi connectivity index (χ4v) is 3.03. The molecule has 5 heteroatoms. The van der Waals surface area contributed by atoms with Crippen LogP contribution in [0, 0.1) is 0 Å². The minimum absolute atomic E-state index is 0.514. The van der Waals surface area contributed by atoms with E-state index in [0.717, 1.165) is 16.1 Å². The molecule has 0 amide bonds. The molecule has 0 atom stereocenters. The maximum absolute atomic E-state index is 11.1. The third kappa shape index (κ3) is 3.43. The highest BCUT2D eigenvalue weighted by molar-refractivity contribution is 9.24. The number of hydrogen-bond acceptors (Lipinski definition) is 2. The second kappa shape index (κ2) is 5.27. The van der Waals surface area contributed by atoms with Gasteiger partial charge in [-0.15, -0.1) is 0 Å². The molecular weight excluding hydrogens is 392 g/mol. The average molecular weight is 399 g/mol. The summed E-state index contributed by atoms with van der Waals surface area (Å²) in [5.74, 6) is -0.514. The summed E-state index contributed by atoms with van der Waals surface area (Å²) in [6.45, 7) is 3.33. The molecule has 0 N–H and O–H groups in total. The van der Waals surface area contributed by atoms with Crippen molar-refractivity contribution in [2.45, 2.75) is 3.42 Å². The Labute approximate surface area is 113 Å². The molecule has 0 heterocycles. The van der Waals surface area contributed by atoms with Crippen LogP contribution in [0.15, 0.2) is 41.4 Å². The zero-order chi connectivity index (χ0) is 11.5. The van der Waals surface area contributed by atoms with Crippen LogP contribution < -0.4 is 0 Å². The highest BCUT2D eigenvalue weighted by Gasteiger charge is 2.31. The van der Waals surface area contributed by atoms with Crippen molar-refractivity contribution in [1.82, 2.24) is 0 Å². The van der Waals surface area contributed by atoms with E-state index in [1.54, 1.807) is 0 Å². The SMILES string of the molecule is C=CC(=O)OC(Br)(Br)c1ccccc1Br. The number of alkyl halides is 2. The largest absolute Gasteiger partial charge is 0.429 e. The van der Waals surface area contributed by atoms with Crippen molar-refractivity contribution in [2.24, 2.45) is 0 Å². The first-order valence-corrected chi connectivity index (χ1v) is 6.33. The summed E-state index contributed by atoms with van der Waals surface area (Å²) in [5.41, 5.74) is 0.764. The topological polar surface area (TPSA) is 26.3 Å². The van der Waals surface area contributed by atoms with E-state index in [-0.39, 0.29) is 0 Å². The van der Waals surface area contributed by atoms with Crippen LogP contribution in [0.3, 0.4) is 0 Å². The van der Waals surface area contributed by atoms with E-state index >= 15 is 0 Å². The van der Waals surface area contributed by atoms with Gasteiger partial charge in [-0.1, -0.05) is 40.7 Å². The molecule has 0 unspecified atom stereocenters. The van der Waals surface area contributed by atoms with Crippen LogP contribution in [0.1, 0.15) is 5.56 Å². The number of rotatable bonds is 3. The van der Waals surface area contributed by atoms with E-state index in [9.17, 15) is 4.79 Å². The quantitative estimate of drug-likeness (QED) is 0.435. The highest BCUT2D eigenvalue weighted by Crippen LogP contribution is 2.42. The Morgan fingerprint density at radius 2 is 2.00 bits per heavy atom. The van der Waals surface area contributed by atoms with E-state index in [0.29, 0.717) is 0 Å². The van der Waals surface area contributed by atoms with Gasteiger partial charge < -0.3 is 4.74 Å². The molecule has 2 nitrogen and oxygen atoms in total. The third-order valence-corrected chi connectivity index (χ3v) is 3.45. The first kappa shape index (κ1) is 12.9. The standard InChI is InChI=1S/C10H7Br3O2/c1-2-9(14)15-10(12,13)7-5-3-4-6-8(7)11/h2-6H,1H2. The van der Waals surface area contributed by atoms with E-state index in [4.69, 9.17) is 4.74 Å². The van der Waals surface area contributed by atoms with Crippen LogP contribution in [0.5, 0.6) is 0 Å². The lowest BCUT2D eigenvalue weighted by molar-refractivity contribution is -0.140. The van der Waals surface area contributed by atoms with Gasteiger partial charge in [0.2, 0.25) is 3.42 Å². The van der Waals surface area contributed by atoms with Gasteiger partial charge in [0.25, 0.3) is 0 Å². The molecule has 0 aromatic heterocycles. The van der Waals surface area contributed by atoms with Crippen LogP contribution in [0.2, 0.25) is 0 Å². The van der Waals surface area contributed by atoms with E-state index in [2.05, 4.69) is 54.4 Å². The third-order valence-electron chi connectivity index (χ3n) is 1.58. The lowest BCUT2D eigenvalue weighted by Crippen LogP contribution is -2.18. The molecule has 0 saturated heterocycles. The summed E-state index contributed by atoms with van der Waals surface area (Å²) in [7, 11) is 0. The summed E-state index contributed by atoms with van der Waals surface area (Å²) >= 11 is 9.92. The van der Waals surface area contributed by atoms with Gasteiger partial charge in [-0.25, -0.2) is 4.79 Å². The molecule has 0 radical (unpaired) electrons. The number of benzene rings is 1. The molecule has 80 valence electrons. The first-order chi connectivity index (χ1) is 6.97. The molecule has 0 aliphatic rings. The maximum atomic E-state index is 11.1. The number of carbonyl (C=O) groups excluding carboxylic acids is 1. The van der Waals surface area contributed by atoms with Crippen molar-refractivity contribution in [1.29, 1.82) is 0 Å². The monoisotopic (exact) mass is 396 g/mol. The smallest absolute Gasteiger partial charge is 0.332 e. The van der Waals surface area contributed by atoms with Crippen LogP contribution >= 0.6 is 47.8 Å². The summed E-state index contributed by atoms with van der Waals surface area (Å²) in [4.78, 5) is 11.1. The Bertz CT molecular complexity index is 388. The summed E-state index contributed by atoms with van der Waals surface area (Å²) < 4.78 is 4.89. The minimum atomic E-state index is -1.04. The Balaban J connectivity index is 3.00. The number of esters is 1. The van der Waals surface area contributed by atoms with Gasteiger partial charge in [0.05, 0.1) is 0 Å². The van der Waals surface area contributed by atoms with Crippen LogP contribution in [-0.2, 0) is 13.0 Å². The molecular formula is C10H7Br3O2. The lowest BCUT2D eigenvalue weighted by atomic mass is 10.2. The zero-order valence-corrected chi connectivity index (χ0v) is 12.3. The summed E-state index contributed by atoms with van der Waals surface area (Å²) in [6.07, 6.45) is 1.11. The molecule has 1 aromatic carbocycles. The molecule has 0 spiro atoms. The fraction of sp³-hybridized carbons (Fsp3) is 0.100. The van der Waals surface area contributed by atoms with Crippen LogP contribution in [-0.4, -0.2) is 5.97 Å². The molecule has 15 heavy (non-hydrogen) atoms. The summed E-state index contributed by atoms with van der Waals surface area (Å²) in [6, 6.07) is 7.40. The van der Waals surface area contributed by atoms with Crippen LogP contribution in [0.4, 0.5) is 0 Å². The van der Waals surface area contributed by atoms with E-state index < -0.39 is 9.39 Å². The Hall–Kier alpha value is -0.130. The molecule has 0 fully saturated rings. The second-order valence-electron chi connectivity index (χ2n) is 2.62. The molecule has 0 aliphatic heterocycles. The van der Waals surface area contributed by atoms with Gasteiger partial charge >= 0.3 is 5.97 Å². The highest BCUT2D eigenvalue weighted by atomic mass is 79.9. The molecule has 0 saturated carbocycles. The number of hydrogen-bond donors (Lipinski definition) is 0. The average Bonchev–Trinajstić information content (AvgIpc) is 2.17. The van der Waals surface area contributed by atoms with Crippen molar-refractivity contribution < 1.29 is 9.53 Å². The molecule has 1 aromatic rings. The van der Waals surface area contributed by atoms with Crippen molar-refractivity contribution in [3.63, 3.8) is 0 Å². The Kier molecular flexibility index (Phi) is 4.55. The van der Waals surface area contributed by atoms with Gasteiger partial charge in [-0.05, 0) is 37.9 Å². The maximum Gasteiger partial charge on any atom is 0.332 e. The number of halogens is 3. The lowest BCUT2D eigenvalue weighted by Gasteiger charge is -2.21. The van der Waals surface area contributed by atoms with Crippen molar-refractivity contribution in [3.8, 4) is 0 Å². The predicted molar refractivity (Wildman–Crippen MR) is 70.0 cm³/mol. The normalized spacial score (nSPS) is 10.9. The molecule has 1 rings (SSSR count). The number of ether oxygens (including phenoxy) is 1. The minimum Gasteiger partial charge on any atom is -0.429 e. The molecule has 0 aliphatic carbocycles. The van der Waals surface area contributed by atoms with E-state index in [1.807, 2.05) is 24.3 Å². The van der Waals surface area contributed by atoms with Crippen molar-refractivity contribution in [2.75, 3.05) is 0 Å². The van der Waals surface area contributed by atoms with Crippen molar-refractivity contribution in [3.05, 3.63) is 47.0 Å². The summed E-state index contributed by atoms with van der Waals surface area (Å²) in [5, 5.41) is 0. The van der Waals surface area contributed by atoms with E-state index in [1.165, 1.54) is 0 Å². The van der Waals surface area contributed by atoms with Gasteiger partial charge in [0, 0.05) is 16.1 Å². The van der Waals surface area contributed by atoms with Gasteiger partial charge in [-0.3, -0.25) is 0 Å². The molecule has 0 bridgehead atoms. The van der Waals surface area contributed by atoms with Gasteiger partial charge in [0.1, 0.15) is 0 Å². The number of carbonyl (C=O) groups is 1. The van der Waals surface area contributed by atoms with Gasteiger partial charge in [0.15, 0.2) is 0 Å². The fourth-order valence-electron chi connectivity index (χ4n) is 0.920. The second-order valence-corrected chi connectivity index (χ2v) is 6.77. The Morgan fingerprint density at radius 1 is 1.40 bits per heavy atom. The Morgan fingerprint density at radius 3 is 2.53 bits per heavy atom.